The quantitative estimate of drug-likeness (QED) is 0.840. The van der Waals surface area contributed by atoms with E-state index in [0.717, 1.165) is 13.1 Å². The number of nitrogens with two attached hydrogens (primary N) is 1. The van der Waals surface area contributed by atoms with Gasteiger partial charge in [0.15, 0.2) is 0 Å². The van der Waals surface area contributed by atoms with Crippen molar-refractivity contribution in [1.29, 1.82) is 0 Å². The first-order valence-electron chi connectivity index (χ1n) is 8.22. The number of likely N-dealkylation sites (N-methyl/N-ethyl adjacent to an activating group) is 1. The highest BCUT2D eigenvalue weighted by Gasteiger charge is 2.29. The summed E-state index contributed by atoms with van der Waals surface area (Å²) in [6.07, 6.45) is 3.35. The van der Waals surface area contributed by atoms with Gasteiger partial charge in [-0.05, 0) is 12.5 Å². The smallest absolute Gasteiger partial charge is 0.0726 e. The van der Waals surface area contributed by atoms with E-state index in [1.807, 2.05) is 11.7 Å². The monoisotopic (exact) mass is 294 g/mol. The zero-order valence-corrected chi connectivity index (χ0v) is 15.0. The highest BCUT2D eigenvalue weighted by molar-refractivity contribution is 5.28. The van der Waals surface area contributed by atoms with Crippen LogP contribution in [0, 0.1) is 5.92 Å². The van der Waals surface area contributed by atoms with Crippen LogP contribution in [0.15, 0.2) is 6.20 Å². The van der Waals surface area contributed by atoms with Crippen LogP contribution in [-0.2, 0) is 12.5 Å². The summed E-state index contributed by atoms with van der Waals surface area (Å²) < 4.78 is 1.93. The van der Waals surface area contributed by atoms with Crippen molar-refractivity contribution in [3.63, 3.8) is 0 Å². The van der Waals surface area contributed by atoms with Crippen LogP contribution >= 0.6 is 0 Å². The Morgan fingerprint density at radius 3 is 2.38 bits per heavy atom. The zero-order valence-electron chi connectivity index (χ0n) is 15.0. The van der Waals surface area contributed by atoms with Crippen LogP contribution in [0.25, 0.3) is 0 Å². The number of aromatic nitrogens is 2. The molecular formula is C17H34N4. The van der Waals surface area contributed by atoms with Crippen molar-refractivity contribution in [2.24, 2.45) is 18.7 Å². The van der Waals surface area contributed by atoms with Crippen LogP contribution in [-0.4, -0.2) is 34.3 Å². The summed E-state index contributed by atoms with van der Waals surface area (Å²) >= 11 is 0. The Hall–Kier alpha value is -0.870. The van der Waals surface area contributed by atoms with E-state index in [9.17, 15) is 0 Å². The second-order valence-corrected chi connectivity index (χ2v) is 7.21. The molecule has 0 aliphatic carbocycles. The molecule has 21 heavy (non-hydrogen) atoms. The zero-order chi connectivity index (χ0) is 16.2. The molecule has 122 valence electrons. The SMILES string of the molecule is CCC(C)CN(CC)C(CN)c1cn(C)nc1C(C)(C)C. The summed E-state index contributed by atoms with van der Waals surface area (Å²) in [7, 11) is 2.00. The molecule has 1 heterocycles. The summed E-state index contributed by atoms with van der Waals surface area (Å²) in [6, 6.07) is 0.256. The largest absolute Gasteiger partial charge is 0.329 e. The Balaban J connectivity index is 3.14. The molecule has 0 aliphatic rings. The van der Waals surface area contributed by atoms with Crippen molar-refractivity contribution in [3.05, 3.63) is 17.5 Å². The predicted octanol–water partition coefficient (Wildman–Crippen LogP) is 3.09. The molecular weight excluding hydrogens is 260 g/mol. The summed E-state index contributed by atoms with van der Waals surface area (Å²) in [5, 5.41) is 4.70. The number of rotatable bonds is 7. The number of hydrogen-bond acceptors (Lipinski definition) is 3. The van der Waals surface area contributed by atoms with E-state index in [1.54, 1.807) is 0 Å². The minimum Gasteiger partial charge on any atom is -0.329 e. The summed E-state index contributed by atoms with van der Waals surface area (Å²) in [4.78, 5) is 2.50. The number of nitrogens with zero attached hydrogens (tertiary/aromatic N) is 3. The first-order valence-corrected chi connectivity index (χ1v) is 8.22. The normalized spacial score (nSPS) is 15.5. The second-order valence-electron chi connectivity index (χ2n) is 7.21. The topological polar surface area (TPSA) is 47.1 Å². The number of hydrogen-bond donors (Lipinski definition) is 1. The van der Waals surface area contributed by atoms with Crippen LogP contribution in [0.1, 0.15) is 65.3 Å². The van der Waals surface area contributed by atoms with Gasteiger partial charge in [0.05, 0.1) is 11.7 Å². The fourth-order valence-electron chi connectivity index (χ4n) is 2.81. The van der Waals surface area contributed by atoms with E-state index in [-0.39, 0.29) is 11.5 Å². The van der Waals surface area contributed by atoms with E-state index in [1.165, 1.54) is 17.7 Å². The van der Waals surface area contributed by atoms with Crippen LogP contribution in [0.4, 0.5) is 0 Å². The third-order valence-corrected chi connectivity index (χ3v) is 4.24. The standard InChI is InChI=1S/C17H34N4/c1-8-13(3)11-21(9-2)15(10-18)14-12-20(7)19-16(14)17(4,5)6/h12-13,15H,8-11,18H2,1-7H3. The van der Waals surface area contributed by atoms with Gasteiger partial charge in [-0.15, -0.1) is 0 Å². The lowest BCUT2D eigenvalue weighted by atomic mass is 9.87. The van der Waals surface area contributed by atoms with E-state index >= 15 is 0 Å². The molecule has 1 rings (SSSR count). The second kappa shape index (κ2) is 7.41. The van der Waals surface area contributed by atoms with Gasteiger partial charge in [0, 0.05) is 37.3 Å². The Labute approximate surface area is 130 Å². The Morgan fingerprint density at radius 1 is 1.33 bits per heavy atom. The molecule has 0 aliphatic heterocycles. The van der Waals surface area contributed by atoms with Gasteiger partial charge >= 0.3 is 0 Å². The highest BCUT2D eigenvalue weighted by Crippen LogP contribution is 2.31. The average Bonchev–Trinajstić information content (AvgIpc) is 2.80. The van der Waals surface area contributed by atoms with Crippen molar-refractivity contribution in [2.75, 3.05) is 19.6 Å². The summed E-state index contributed by atoms with van der Waals surface area (Å²) in [5.74, 6) is 0.689. The molecule has 4 nitrogen and oxygen atoms in total. The fourth-order valence-corrected chi connectivity index (χ4v) is 2.81. The fraction of sp³-hybridized carbons (Fsp3) is 0.824. The lowest BCUT2D eigenvalue weighted by molar-refractivity contribution is 0.180. The maximum atomic E-state index is 6.14. The first-order chi connectivity index (χ1) is 9.74. The average molecular weight is 294 g/mol. The predicted molar refractivity (Wildman–Crippen MR) is 90.4 cm³/mol. The van der Waals surface area contributed by atoms with Crippen molar-refractivity contribution < 1.29 is 0 Å². The molecule has 1 aromatic heterocycles. The minimum atomic E-state index is 0.0415. The van der Waals surface area contributed by atoms with Crippen LogP contribution < -0.4 is 5.73 Å². The molecule has 0 saturated carbocycles. The molecule has 2 unspecified atom stereocenters. The molecule has 0 fully saturated rings. The van der Waals surface area contributed by atoms with E-state index < -0.39 is 0 Å². The van der Waals surface area contributed by atoms with E-state index in [0.29, 0.717) is 12.5 Å². The molecule has 0 radical (unpaired) electrons. The van der Waals surface area contributed by atoms with Crippen molar-refractivity contribution in [1.82, 2.24) is 14.7 Å². The van der Waals surface area contributed by atoms with Crippen molar-refractivity contribution >= 4 is 0 Å². The first kappa shape index (κ1) is 18.2. The number of aryl methyl sites for hydroxylation is 1. The molecule has 2 atom stereocenters. The summed E-state index contributed by atoms with van der Waals surface area (Å²) in [6.45, 7) is 16.2. The van der Waals surface area contributed by atoms with E-state index in [2.05, 4.69) is 52.6 Å². The molecule has 0 amide bonds. The van der Waals surface area contributed by atoms with Crippen molar-refractivity contribution in [2.45, 2.75) is 59.4 Å². The van der Waals surface area contributed by atoms with Crippen LogP contribution in [0.2, 0.25) is 0 Å². The maximum absolute atomic E-state index is 6.14. The third kappa shape index (κ3) is 4.55. The lowest BCUT2D eigenvalue weighted by Crippen LogP contribution is -2.37. The van der Waals surface area contributed by atoms with Gasteiger partial charge in [-0.1, -0.05) is 48.0 Å². The van der Waals surface area contributed by atoms with Gasteiger partial charge in [0.25, 0.3) is 0 Å². The van der Waals surface area contributed by atoms with Gasteiger partial charge in [-0.25, -0.2) is 0 Å². The summed E-state index contributed by atoms with van der Waals surface area (Å²) in [5.41, 5.74) is 8.64. The molecule has 1 aromatic rings. The Kier molecular flexibility index (Phi) is 6.41. The highest BCUT2D eigenvalue weighted by atomic mass is 15.3. The molecule has 0 spiro atoms. The lowest BCUT2D eigenvalue weighted by Gasteiger charge is -2.33. The van der Waals surface area contributed by atoms with Crippen LogP contribution in [0.3, 0.4) is 0 Å². The molecule has 0 saturated heterocycles. The Bertz CT molecular complexity index is 430. The van der Waals surface area contributed by atoms with E-state index in [4.69, 9.17) is 10.8 Å². The van der Waals surface area contributed by atoms with Crippen molar-refractivity contribution in [3.8, 4) is 0 Å². The maximum Gasteiger partial charge on any atom is 0.0726 e. The molecule has 0 bridgehead atoms. The molecule has 0 aromatic carbocycles. The molecule has 2 N–H and O–H groups in total. The van der Waals surface area contributed by atoms with Gasteiger partial charge in [0.2, 0.25) is 0 Å². The van der Waals surface area contributed by atoms with Gasteiger partial charge in [-0.2, -0.15) is 5.10 Å². The minimum absolute atomic E-state index is 0.0415. The van der Waals surface area contributed by atoms with Gasteiger partial charge < -0.3 is 5.73 Å². The molecule has 4 heteroatoms. The van der Waals surface area contributed by atoms with Gasteiger partial charge in [0.1, 0.15) is 0 Å². The van der Waals surface area contributed by atoms with Gasteiger partial charge in [-0.3, -0.25) is 9.58 Å². The van der Waals surface area contributed by atoms with Crippen LogP contribution in [0.5, 0.6) is 0 Å². The Morgan fingerprint density at radius 2 is 1.95 bits per heavy atom. The third-order valence-electron chi connectivity index (χ3n) is 4.24.